The molecule has 100 valence electrons. The maximum Gasteiger partial charge on any atom is 0.0642 e. The van der Waals surface area contributed by atoms with E-state index in [2.05, 4.69) is 35.3 Å². The molecule has 1 aromatic carbocycles. The van der Waals surface area contributed by atoms with Gasteiger partial charge in [0.05, 0.1) is 17.3 Å². The van der Waals surface area contributed by atoms with Crippen molar-refractivity contribution in [3.8, 4) is 0 Å². The first-order valence-corrected chi connectivity index (χ1v) is 7.01. The summed E-state index contributed by atoms with van der Waals surface area (Å²) in [6, 6.07) is 6.33. The SMILES string of the molecule is CCNCc1ccc(N2CCCOCC2)c(Cl)c1. The summed E-state index contributed by atoms with van der Waals surface area (Å²) >= 11 is 6.38. The van der Waals surface area contributed by atoms with Crippen LogP contribution in [0.2, 0.25) is 5.02 Å². The van der Waals surface area contributed by atoms with Crippen molar-refractivity contribution >= 4 is 17.3 Å². The van der Waals surface area contributed by atoms with E-state index in [9.17, 15) is 0 Å². The molecule has 0 bridgehead atoms. The molecule has 0 unspecified atom stereocenters. The van der Waals surface area contributed by atoms with Crippen LogP contribution >= 0.6 is 11.6 Å². The van der Waals surface area contributed by atoms with Crippen molar-refractivity contribution in [3.05, 3.63) is 28.8 Å². The van der Waals surface area contributed by atoms with Gasteiger partial charge in [-0.3, -0.25) is 0 Å². The maximum atomic E-state index is 6.38. The zero-order valence-corrected chi connectivity index (χ0v) is 11.7. The lowest BCUT2D eigenvalue weighted by Crippen LogP contribution is -2.26. The van der Waals surface area contributed by atoms with Gasteiger partial charge in [0.1, 0.15) is 0 Å². The smallest absolute Gasteiger partial charge is 0.0642 e. The van der Waals surface area contributed by atoms with E-state index in [1.165, 1.54) is 5.56 Å². The molecule has 2 rings (SSSR count). The molecule has 0 saturated carbocycles. The molecule has 4 heteroatoms. The van der Waals surface area contributed by atoms with Crippen LogP contribution in [0.4, 0.5) is 5.69 Å². The van der Waals surface area contributed by atoms with Gasteiger partial charge in [-0.15, -0.1) is 0 Å². The molecule has 1 aromatic rings. The van der Waals surface area contributed by atoms with E-state index < -0.39 is 0 Å². The molecule has 0 aromatic heterocycles. The predicted octanol–water partition coefficient (Wildman–Crippen LogP) is 2.68. The molecule has 1 saturated heterocycles. The number of anilines is 1. The van der Waals surface area contributed by atoms with Crippen molar-refractivity contribution in [2.75, 3.05) is 37.7 Å². The molecule has 1 aliphatic rings. The lowest BCUT2D eigenvalue weighted by molar-refractivity contribution is 0.152. The Hall–Kier alpha value is -0.770. The van der Waals surface area contributed by atoms with E-state index in [1.807, 2.05) is 0 Å². The van der Waals surface area contributed by atoms with Crippen molar-refractivity contribution in [3.63, 3.8) is 0 Å². The molecule has 0 amide bonds. The van der Waals surface area contributed by atoms with Gasteiger partial charge in [-0.2, -0.15) is 0 Å². The number of halogens is 1. The number of rotatable bonds is 4. The topological polar surface area (TPSA) is 24.5 Å². The first-order valence-electron chi connectivity index (χ1n) is 6.63. The minimum atomic E-state index is 0.787. The second-order valence-corrected chi connectivity index (χ2v) is 4.93. The number of hydrogen-bond acceptors (Lipinski definition) is 3. The van der Waals surface area contributed by atoms with Crippen LogP contribution in [0.3, 0.4) is 0 Å². The van der Waals surface area contributed by atoms with Gasteiger partial charge in [-0.25, -0.2) is 0 Å². The summed E-state index contributed by atoms with van der Waals surface area (Å²) in [7, 11) is 0. The summed E-state index contributed by atoms with van der Waals surface area (Å²) in [5.41, 5.74) is 2.36. The fourth-order valence-electron chi connectivity index (χ4n) is 2.17. The van der Waals surface area contributed by atoms with Crippen LogP contribution in [0.5, 0.6) is 0 Å². The van der Waals surface area contributed by atoms with Gasteiger partial charge in [0.25, 0.3) is 0 Å². The van der Waals surface area contributed by atoms with Crippen molar-refractivity contribution < 1.29 is 4.74 Å². The third kappa shape index (κ3) is 3.61. The third-order valence-electron chi connectivity index (χ3n) is 3.15. The van der Waals surface area contributed by atoms with E-state index in [1.54, 1.807) is 0 Å². The van der Waals surface area contributed by atoms with Crippen LogP contribution < -0.4 is 10.2 Å². The minimum absolute atomic E-state index is 0.787. The standard InChI is InChI=1S/C14H21ClN2O/c1-2-16-11-12-4-5-14(13(15)10-12)17-6-3-8-18-9-7-17/h4-5,10,16H,2-3,6-9,11H2,1H3. The van der Waals surface area contributed by atoms with Gasteiger partial charge in [0, 0.05) is 26.2 Å². The van der Waals surface area contributed by atoms with Crippen LogP contribution in [-0.2, 0) is 11.3 Å². The lowest BCUT2D eigenvalue weighted by Gasteiger charge is -2.23. The first kappa shape index (κ1) is 13.7. The fraction of sp³-hybridized carbons (Fsp3) is 0.571. The molecule has 0 atom stereocenters. The molecule has 18 heavy (non-hydrogen) atoms. The predicted molar refractivity (Wildman–Crippen MR) is 76.5 cm³/mol. The highest BCUT2D eigenvalue weighted by atomic mass is 35.5. The maximum absolute atomic E-state index is 6.38. The first-order chi connectivity index (χ1) is 8.81. The Balaban J connectivity index is 2.08. The monoisotopic (exact) mass is 268 g/mol. The summed E-state index contributed by atoms with van der Waals surface area (Å²) in [4.78, 5) is 2.31. The second kappa shape index (κ2) is 6.98. The van der Waals surface area contributed by atoms with Crippen LogP contribution in [0.25, 0.3) is 0 Å². The number of benzene rings is 1. The van der Waals surface area contributed by atoms with Crippen molar-refractivity contribution in [2.45, 2.75) is 19.9 Å². The van der Waals surface area contributed by atoms with E-state index in [0.29, 0.717) is 0 Å². The molecule has 1 N–H and O–H groups in total. The summed E-state index contributed by atoms with van der Waals surface area (Å²) < 4.78 is 5.47. The van der Waals surface area contributed by atoms with Gasteiger partial charge < -0.3 is 15.0 Å². The van der Waals surface area contributed by atoms with Gasteiger partial charge in [0.2, 0.25) is 0 Å². The van der Waals surface area contributed by atoms with Crippen molar-refractivity contribution in [2.24, 2.45) is 0 Å². The highest BCUT2D eigenvalue weighted by Gasteiger charge is 2.13. The van der Waals surface area contributed by atoms with Crippen LogP contribution in [0.1, 0.15) is 18.9 Å². The van der Waals surface area contributed by atoms with E-state index >= 15 is 0 Å². The minimum Gasteiger partial charge on any atom is -0.380 e. The number of nitrogens with zero attached hydrogens (tertiary/aromatic N) is 1. The number of nitrogens with one attached hydrogen (secondary N) is 1. The normalized spacial score (nSPS) is 16.7. The summed E-state index contributed by atoms with van der Waals surface area (Å²) in [6.07, 6.45) is 1.06. The van der Waals surface area contributed by atoms with Crippen molar-refractivity contribution in [1.82, 2.24) is 5.32 Å². The Labute approximate surface area is 114 Å². The molecule has 3 nitrogen and oxygen atoms in total. The molecular weight excluding hydrogens is 248 g/mol. The van der Waals surface area contributed by atoms with Crippen molar-refractivity contribution in [1.29, 1.82) is 0 Å². The average molecular weight is 269 g/mol. The Bertz CT molecular complexity index is 376. The Morgan fingerprint density at radius 1 is 1.33 bits per heavy atom. The Morgan fingerprint density at radius 2 is 2.22 bits per heavy atom. The molecule has 1 aliphatic heterocycles. The largest absolute Gasteiger partial charge is 0.380 e. The lowest BCUT2D eigenvalue weighted by atomic mass is 10.2. The third-order valence-corrected chi connectivity index (χ3v) is 3.46. The zero-order chi connectivity index (χ0) is 12.8. The van der Waals surface area contributed by atoms with Gasteiger partial charge >= 0.3 is 0 Å². The summed E-state index contributed by atoms with van der Waals surface area (Å²) in [5, 5.41) is 4.15. The van der Waals surface area contributed by atoms with Gasteiger partial charge in [-0.05, 0) is 30.7 Å². The highest BCUT2D eigenvalue weighted by Crippen LogP contribution is 2.27. The second-order valence-electron chi connectivity index (χ2n) is 4.52. The van der Waals surface area contributed by atoms with Crippen LogP contribution in [0, 0.1) is 0 Å². The van der Waals surface area contributed by atoms with Gasteiger partial charge in [-0.1, -0.05) is 24.6 Å². The van der Waals surface area contributed by atoms with Crippen LogP contribution in [0.15, 0.2) is 18.2 Å². The zero-order valence-electron chi connectivity index (χ0n) is 10.9. The molecule has 1 heterocycles. The fourth-order valence-corrected chi connectivity index (χ4v) is 2.50. The average Bonchev–Trinajstić information content (AvgIpc) is 2.65. The molecule has 0 radical (unpaired) electrons. The van der Waals surface area contributed by atoms with E-state index in [-0.39, 0.29) is 0 Å². The molecule has 0 spiro atoms. The highest BCUT2D eigenvalue weighted by molar-refractivity contribution is 6.33. The summed E-state index contributed by atoms with van der Waals surface area (Å²) in [6.45, 7) is 7.54. The Morgan fingerprint density at radius 3 is 3.00 bits per heavy atom. The van der Waals surface area contributed by atoms with Crippen LogP contribution in [-0.4, -0.2) is 32.8 Å². The Kier molecular flexibility index (Phi) is 5.29. The van der Waals surface area contributed by atoms with E-state index in [4.69, 9.17) is 16.3 Å². The number of hydrogen-bond donors (Lipinski definition) is 1. The van der Waals surface area contributed by atoms with E-state index in [0.717, 1.165) is 56.5 Å². The summed E-state index contributed by atoms with van der Waals surface area (Å²) in [5.74, 6) is 0. The molecular formula is C14H21ClN2O. The molecule has 1 fully saturated rings. The number of ether oxygens (including phenoxy) is 1. The molecule has 0 aliphatic carbocycles. The van der Waals surface area contributed by atoms with Gasteiger partial charge in [0.15, 0.2) is 0 Å². The quantitative estimate of drug-likeness (QED) is 0.909.